The molecule has 1 N–H and O–H groups in total. The number of aryl methyl sites for hydroxylation is 1. The molecular formula is C24H25N3O4. The second-order valence-corrected chi connectivity index (χ2v) is 6.78. The van der Waals surface area contributed by atoms with E-state index in [0.717, 1.165) is 11.4 Å². The Balaban J connectivity index is 1.51. The molecule has 0 fully saturated rings. The topological polar surface area (TPSA) is 82.4 Å². The monoisotopic (exact) mass is 419 g/mol. The highest BCUT2D eigenvalue weighted by Gasteiger charge is 2.05. The number of ketones is 1. The number of rotatable bonds is 10. The Hall–Kier alpha value is -3.87. The Bertz CT molecular complexity index is 1040. The Kier molecular flexibility index (Phi) is 7.59. The van der Waals surface area contributed by atoms with Gasteiger partial charge in [-0.05, 0) is 55.0 Å². The summed E-state index contributed by atoms with van der Waals surface area (Å²) in [4.78, 5) is 28.0. The van der Waals surface area contributed by atoms with Crippen LogP contribution in [0.4, 0.5) is 0 Å². The van der Waals surface area contributed by atoms with Crippen LogP contribution in [0.3, 0.4) is 0 Å². The molecule has 0 aliphatic heterocycles. The summed E-state index contributed by atoms with van der Waals surface area (Å²) in [6, 6.07) is 14.2. The van der Waals surface area contributed by atoms with Gasteiger partial charge in [0.1, 0.15) is 23.9 Å². The average molecular weight is 419 g/mol. The average Bonchev–Trinajstić information content (AvgIpc) is 3.20. The zero-order valence-corrected chi connectivity index (χ0v) is 17.6. The number of amides is 1. The van der Waals surface area contributed by atoms with Crippen LogP contribution in [0.2, 0.25) is 0 Å². The fraction of sp³-hybridized carbons (Fsp3) is 0.208. The highest BCUT2D eigenvalue weighted by Crippen LogP contribution is 2.16. The second-order valence-electron chi connectivity index (χ2n) is 6.78. The van der Waals surface area contributed by atoms with Gasteiger partial charge in [0, 0.05) is 31.5 Å². The first-order valence-corrected chi connectivity index (χ1v) is 9.96. The van der Waals surface area contributed by atoms with Crippen LogP contribution in [0.25, 0.3) is 6.08 Å². The van der Waals surface area contributed by atoms with Crippen LogP contribution >= 0.6 is 0 Å². The van der Waals surface area contributed by atoms with E-state index in [-0.39, 0.29) is 18.3 Å². The SMILES string of the molecule is CCNC(=O)COc1ccc(/C=C/C(=O)c2ccc(OCc3nccn3C)cc2)cc1. The van der Waals surface area contributed by atoms with Crippen molar-refractivity contribution >= 4 is 17.8 Å². The Morgan fingerprint density at radius 1 is 1.03 bits per heavy atom. The van der Waals surface area contributed by atoms with E-state index in [2.05, 4.69) is 10.3 Å². The number of aromatic nitrogens is 2. The summed E-state index contributed by atoms with van der Waals surface area (Å²) >= 11 is 0. The minimum atomic E-state index is -0.162. The number of imidazole rings is 1. The molecular weight excluding hydrogens is 394 g/mol. The molecule has 1 aromatic heterocycles. The summed E-state index contributed by atoms with van der Waals surface area (Å²) in [5.41, 5.74) is 1.43. The maximum atomic E-state index is 12.4. The van der Waals surface area contributed by atoms with E-state index in [4.69, 9.17) is 9.47 Å². The minimum Gasteiger partial charge on any atom is -0.486 e. The normalized spacial score (nSPS) is 10.8. The van der Waals surface area contributed by atoms with E-state index in [1.807, 2.05) is 36.9 Å². The fourth-order valence-corrected chi connectivity index (χ4v) is 2.74. The highest BCUT2D eigenvalue weighted by molar-refractivity contribution is 6.06. The van der Waals surface area contributed by atoms with Gasteiger partial charge < -0.3 is 19.4 Å². The summed E-state index contributed by atoms with van der Waals surface area (Å²) in [6.07, 6.45) is 6.84. The molecule has 1 amide bonds. The van der Waals surface area contributed by atoms with Gasteiger partial charge in [0.15, 0.2) is 12.4 Å². The lowest BCUT2D eigenvalue weighted by Crippen LogP contribution is -2.28. The van der Waals surface area contributed by atoms with Gasteiger partial charge >= 0.3 is 0 Å². The maximum Gasteiger partial charge on any atom is 0.257 e. The standard InChI is InChI=1S/C24H25N3O4/c1-3-25-24(29)17-31-20-9-4-18(5-10-20)6-13-22(28)19-7-11-21(12-8-19)30-16-23-26-14-15-27(23)2/h4-15H,3,16-17H2,1-2H3,(H,25,29)/b13-6+. The second kappa shape index (κ2) is 10.8. The smallest absolute Gasteiger partial charge is 0.257 e. The van der Waals surface area contributed by atoms with E-state index in [0.29, 0.717) is 30.2 Å². The Morgan fingerprint density at radius 3 is 2.35 bits per heavy atom. The summed E-state index contributed by atoms with van der Waals surface area (Å²) < 4.78 is 13.0. The van der Waals surface area contributed by atoms with Gasteiger partial charge in [-0.15, -0.1) is 0 Å². The summed E-state index contributed by atoms with van der Waals surface area (Å²) in [7, 11) is 1.91. The molecule has 31 heavy (non-hydrogen) atoms. The number of allylic oxidation sites excluding steroid dienone is 1. The molecule has 0 aliphatic carbocycles. The summed E-state index contributed by atoms with van der Waals surface area (Å²) in [5, 5.41) is 2.67. The molecule has 0 radical (unpaired) electrons. The molecule has 0 saturated heterocycles. The molecule has 2 aromatic carbocycles. The first-order chi connectivity index (χ1) is 15.0. The predicted octanol–water partition coefficient (Wildman–Crippen LogP) is 3.41. The molecule has 0 saturated carbocycles. The first kappa shape index (κ1) is 21.8. The van der Waals surface area contributed by atoms with Gasteiger partial charge in [-0.3, -0.25) is 9.59 Å². The molecule has 0 atom stereocenters. The van der Waals surface area contributed by atoms with Gasteiger partial charge in [0.25, 0.3) is 5.91 Å². The van der Waals surface area contributed by atoms with Gasteiger partial charge in [-0.1, -0.05) is 18.2 Å². The van der Waals surface area contributed by atoms with E-state index in [1.165, 1.54) is 6.08 Å². The molecule has 3 aromatic rings. The summed E-state index contributed by atoms with van der Waals surface area (Å²) in [6.45, 7) is 2.76. The number of benzene rings is 2. The number of hydrogen-bond acceptors (Lipinski definition) is 5. The molecule has 160 valence electrons. The molecule has 0 aliphatic rings. The first-order valence-electron chi connectivity index (χ1n) is 9.96. The number of hydrogen-bond donors (Lipinski definition) is 1. The van der Waals surface area contributed by atoms with Gasteiger partial charge in [-0.2, -0.15) is 0 Å². The molecule has 3 rings (SSSR count). The summed E-state index contributed by atoms with van der Waals surface area (Å²) in [5.74, 6) is 1.82. The maximum absolute atomic E-state index is 12.4. The Labute approximate surface area is 181 Å². The van der Waals surface area contributed by atoms with Crippen molar-refractivity contribution in [3.8, 4) is 11.5 Å². The Morgan fingerprint density at radius 2 is 1.71 bits per heavy atom. The lowest BCUT2D eigenvalue weighted by molar-refractivity contribution is -0.122. The molecule has 7 nitrogen and oxygen atoms in total. The van der Waals surface area contributed by atoms with Crippen molar-refractivity contribution in [2.45, 2.75) is 13.5 Å². The predicted molar refractivity (Wildman–Crippen MR) is 118 cm³/mol. The molecule has 0 bridgehead atoms. The highest BCUT2D eigenvalue weighted by atomic mass is 16.5. The third-order valence-corrected chi connectivity index (χ3v) is 4.48. The number of nitrogens with zero attached hydrogens (tertiary/aromatic N) is 2. The van der Waals surface area contributed by atoms with Crippen molar-refractivity contribution in [3.63, 3.8) is 0 Å². The molecule has 0 unspecified atom stereocenters. The third-order valence-electron chi connectivity index (χ3n) is 4.48. The number of carbonyl (C=O) groups is 2. The fourth-order valence-electron chi connectivity index (χ4n) is 2.74. The van der Waals surface area contributed by atoms with Crippen LogP contribution < -0.4 is 14.8 Å². The van der Waals surface area contributed by atoms with Gasteiger partial charge in [0.2, 0.25) is 0 Å². The lowest BCUT2D eigenvalue weighted by Gasteiger charge is -2.07. The van der Waals surface area contributed by atoms with Crippen molar-refractivity contribution in [1.29, 1.82) is 0 Å². The van der Waals surface area contributed by atoms with Crippen LogP contribution in [-0.2, 0) is 18.4 Å². The molecule has 7 heteroatoms. The zero-order valence-electron chi connectivity index (χ0n) is 17.6. The van der Waals surface area contributed by atoms with Crippen LogP contribution in [0.15, 0.2) is 67.0 Å². The number of carbonyl (C=O) groups excluding carboxylic acids is 2. The van der Waals surface area contributed by atoms with E-state index >= 15 is 0 Å². The number of ether oxygens (including phenoxy) is 2. The van der Waals surface area contributed by atoms with Crippen LogP contribution in [0.5, 0.6) is 11.5 Å². The number of likely N-dealkylation sites (N-methyl/N-ethyl adjacent to an activating group) is 1. The van der Waals surface area contributed by atoms with Gasteiger partial charge in [0.05, 0.1) is 0 Å². The van der Waals surface area contributed by atoms with Crippen LogP contribution in [0.1, 0.15) is 28.7 Å². The molecule has 0 spiro atoms. The zero-order chi connectivity index (χ0) is 22.1. The van der Waals surface area contributed by atoms with Crippen molar-refractivity contribution in [2.75, 3.05) is 13.2 Å². The number of nitrogens with one attached hydrogen (secondary N) is 1. The van der Waals surface area contributed by atoms with Crippen molar-refractivity contribution in [3.05, 3.63) is 84.0 Å². The minimum absolute atomic E-state index is 0.0249. The molecule has 1 heterocycles. The van der Waals surface area contributed by atoms with Gasteiger partial charge in [-0.25, -0.2) is 4.98 Å². The van der Waals surface area contributed by atoms with Crippen molar-refractivity contribution < 1.29 is 19.1 Å². The van der Waals surface area contributed by atoms with Crippen LogP contribution in [-0.4, -0.2) is 34.4 Å². The van der Waals surface area contributed by atoms with Crippen LogP contribution in [0, 0.1) is 0 Å². The van der Waals surface area contributed by atoms with E-state index < -0.39 is 0 Å². The van der Waals surface area contributed by atoms with E-state index in [1.54, 1.807) is 48.7 Å². The quantitative estimate of drug-likeness (QED) is 0.402. The lowest BCUT2D eigenvalue weighted by atomic mass is 10.1. The third kappa shape index (κ3) is 6.57. The van der Waals surface area contributed by atoms with Crippen molar-refractivity contribution in [1.82, 2.24) is 14.9 Å². The van der Waals surface area contributed by atoms with Crippen molar-refractivity contribution in [2.24, 2.45) is 7.05 Å². The largest absolute Gasteiger partial charge is 0.486 e. The van der Waals surface area contributed by atoms with E-state index in [9.17, 15) is 9.59 Å².